The highest BCUT2D eigenvalue weighted by molar-refractivity contribution is 7.47. The molecule has 11 nitrogen and oxygen atoms in total. The summed E-state index contributed by atoms with van der Waals surface area (Å²) in [6, 6.07) is -1.52. The van der Waals surface area contributed by atoms with E-state index in [0.717, 1.165) is 57.8 Å². The van der Waals surface area contributed by atoms with Crippen molar-refractivity contribution >= 4 is 25.7 Å². The van der Waals surface area contributed by atoms with Gasteiger partial charge in [0.25, 0.3) is 0 Å². The van der Waals surface area contributed by atoms with E-state index in [1.807, 2.05) is 0 Å². The average molecular weight is 804 g/mol. The largest absolute Gasteiger partial charge is 0.480 e. The van der Waals surface area contributed by atoms with Gasteiger partial charge >= 0.3 is 25.7 Å². The summed E-state index contributed by atoms with van der Waals surface area (Å²) in [5.41, 5.74) is 5.33. The number of phosphoric ester groups is 1. The number of carbonyl (C=O) groups is 3. The first-order valence-corrected chi connectivity index (χ1v) is 23.7. The molecular weight excluding hydrogens is 721 g/mol. The van der Waals surface area contributed by atoms with Crippen molar-refractivity contribution < 1.29 is 47.5 Å². The third-order valence-corrected chi connectivity index (χ3v) is 10.7. The van der Waals surface area contributed by atoms with Gasteiger partial charge < -0.3 is 25.2 Å². The molecule has 0 spiro atoms. The molecule has 0 heterocycles. The van der Waals surface area contributed by atoms with Gasteiger partial charge in [-0.3, -0.25) is 23.4 Å². The van der Waals surface area contributed by atoms with Crippen LogP contribution in [0.5, 0.6) is 0 Å². The van der Waals surface area contributed by atoms with Crippen molar-refractivity contribution in [3.63, 3.8) is 0 Å². The second-order valence-electron chi connectivity index (χ2n) is 15.2. The molecule has 324 valence electrons. The van der Waals surface area contributed by atoms with Crippen LogP contribution in [0.1, 0.15) is 213 Å². The zero-order valence-corrected chi connectivity index (χ0v) is 35.9. The SMILES string of the molecule is CCCCC/C=C\CCCCCCCC(=O)OC[C@H](COP(=O)(O)OC[C@H](N)C(=O)O)OC(=O)CCCCCCCCCCCCCCCCCCCCC. The van der Waals surface area contributed by atoms with E-state index in [0.29, 0.717) is 12.8 Å². The molecule has 12 heteroatoms. The molecule has 1 unspecified atom stereocenters. The Kier molecular flexibility index (Phi) is 37.8. The summed E-state index contributed by atoms with van der Waals surface area (Å²) in [6.45, 7) is 2.79. The summed E-state index contributed by atoms with van der Waals surface area (Å²) in [5, 5.41) is 8.88. The number of unbranched alkanes of at least 4 members (excludes halogenated alkanes) is 26. The Morgan fingerprint density at radius 1 is 0.545 bits per heavy atom. The number of carboxylic acids is 1. The Balaban J connectivity index is 4.29. The van der Waals surface area contributed by atoms with Gasteiger partial charge in [0.2, 0.25) is 0 Å². The molecule has 0 radical (unpaired) electrons. The maximum Gasteiger partial charge on any atom is 0.472 e. The molecule has 55 heavy (non-hydrogen) atoms. The molecule has 0 saturated carbocycles. The molecule has 3 atom stereocenters. The quantitative estimate of drug-likeness (QED) is 0.0232. The van der Waals surface area contributed by atoms with E-state index in [1.54, 1.807) is 0 Å². The molecule has 4 N–H and O–H groups in total. The molecule has 0 rings (SSSR count). The number of phosphoric acid groups is 1. The van der Waals surface area contributed by atoms with Crippen molar-refractivity contribution in [2.45, 2.75) is 225 Å². The topological polar surface area (TPSA) is 172 Å². The minimum atomic E-state index is -4.71. The molecule has 0 aliphatic heterocycles. The zero-order chi connectivity index (χ0) is 40.7. The van der Waals surface area contributed by atoms with Crippen LogP contribution >= 0.6 is 7.82 Å². The van der Waals surface area contributed by atoms with E-state index in [2.05, 4.69) is 30.5 Å². The summed E-state index contributed by atoms with van der Waals surface area (Å²) in [4.78, 5) is 45.9. The number of allylic oxidation sites excluding steroid dienone is 2. The number of carbonyl (C=O) groups excluding carboxylic acids is 2. The van der Waals surface area contributed by atoms with Crippen molar-refractivity contribution in [3.8, 4) is 0 Å². The lowest BCUT2D eigenvalue weighted by molar-refractivity contribution is -0.161. The van der Waals surface area contributed by atoms with Crippen LogP contribution in [-0.4, -0.2) is 59.9 Å². The van der Waals surface area contributed by atoms with Gasteiger partial charge in [0.15, 0.2) is 6.10 Å². The first-order chi connectivity index (χ1) is 26.6. The molecule has 0 fully saturated rings. The summed E-state index contributed by atoms with van der Waals surface area (Å²) < 4.78 is 32.7. The van der Waals surface area contributed by atoms with Crippen molar-refractivity contribution in [2.75, 3.05) is 19.8 Å². The Hall–Kier alpha value is -1.78. The molecule has 0 aromatic rings. The van der Waals surface area contributed by atoms with Crippen LogP contribution in [0.3, 0.4) is 0 Å². The van der Waals surface area contributed by atoms with Crippen molar-refractivity contribution in [3.05, 3.63) is 12.2 Å². The van der Waals surface area contributed by atoms with Crippen LogP contribution < -0.4 is 5.73 Å². The molecule has 0 amide bonds. The van der Waals surface area contributed by atoms with E-state index in [1.165, 1.54) is 116 Å². The normalized spacial score (nSPS) is 13.8. The Morgan fingerprint density at radius 2 is 0.909 bits per heavy atom. The van der Waals surface area contributed by atoms with Gasteiger partial charge in [-0.15, -0.1) is 0 Å². The van der Waals surface area contributed by atoms with Gasteiger partial charge in [0.1, 0.15) is 12.6 Å². The van der Waals surface area contributed by atoms with Crippen LogP contribution in [0.2, 0.25) is 0 Å². The number of rotatable bonds is 42. The van der Waals surface area contributed by atoms with E-state index in [9.17, 15) is 23.8 Å². The van der Waals surface area contributed by atoms with Crippen LogP contribution in [0.4, 0.5) is 0 Å². The number of carboxylic acid groups (broad SMARTS) is 1. The lowest BCUT2D eigenvalue weighted by Gasteiger charge is -2.20. The summed E-state index contributed by atoms with van der Waals surface area (Å²) in [7, 11) is -4.71. The highest BCUT2D eigenvalue weighted by atomic mass is 31.2. The minimum Gasteiger partial charge on any atom is -0.480 e. The predicted octanol–water partition coefficient (Wildman–Crippen LogP) is 11.7. The van der Waals surface area contributed by atoms with Gasteiger partial charge in [0.05, 0.1) is 13.2 Å². The number of aliphatic carboxylic acids is 1. The fourth-order valence-electron chi connectivity index (χ4n) is 6.24. The van der Waals surface area contributed by atoms with E-state index in [4.69, 9.17) is 24.8 Å². The van der Waals surface area contributed by atoms with Gasteiger partial charge in [-0.2, -0.15) is 0 Å². The summed E-state index contributed by atoms with van der Waals surface area (Å²) in [5.74, 6) is -2.38. The maximum atomic E-state index is 12.6. The third kappa shape index (κ3) is 38.9. The molecule has 0 aliphatic rings. The highest BCUT2D eigenvalue weighted by Crippen LogP contribution is 2.43. The van der Waals surface area contributed by atoms with Crippen LogP contribution in [-0.2, 0) is 37.5 Å². The molecule has 0 aromatic carbocycles. The highest BCUT2D eigenvalue weighted by Gasteiger charge is 2.28. The number of ether oxygens (including phenoxy) is 2. The Bertz CT molecular complexity index is 995. The number of hydrogen-bond donors (Lipinski definition) is 3. The first kappa shape index (κ1) is 53.2. The summed E-state index contributed by atoms with van der Waals surface area (Å²) >= 11 is 0. The number of nitrogens with two attached hydrogens (primary N) is 1. The van der Waals surface area contributed by atoms with Crippen molar-refractivity contribution in [2.24, 2.45) is 5.73 Å². The third-order valence-electron chi connectivity index (χ3n) is 9.76. The van der Waals surface area contributed by atoms with Crippen LogP contribution in [0.25, 0.3) is 0 Å². The first-order valence-electron chi connectivity index (χ1n) is 22.2. The lowest BCUT2D eigenvalue weighted by Crippen LogP contribution is -2.34. The Labute approximate surface area is 335 Å². The zero-order valence-electron chi connectivity index (χ0n) is 35.0. The average Bonchev–Trinajstić information content (AvgIpc) is 3.16. The second kappa shape index (κ2) is 39.1. The monoisotopic (exact) mass is 804 g/mol. The van der Waals surface area contributed by atoms with Crippen LogP contribution in [0, 0.1) is 0 Å². The minimum absolute atomic E-state index is 0.165. The van der Waals surface area contributed by atoms with E-state index >= 15 is 0 Å². The maximum absolute atomic E-state index is 12.6. The van der Waals surface area contributed by atoms with Crippen molar-refractivity contribution in [1.29, 1.82) is 0 Å². The second-order valence-corrected chi connectivity index (χ2v) is 16.6. The smallest absolute Gasteiger partial charge is 0.472 e. The van der Waals surface area contributed by atoms with Gasteiger partial charge in [-0.1, -0.05) is 174 Å². The predicted molar refractivity (Wildman–Crippen MR) is 222 cm³/mol. The number of esters is 2. The van der Waals surface area contributed by atoms with E-state index < -0.39 is 51.1 Å². The van der Waals surface area contributed by atoms with Crippen molar-refractivity contribution in [1.82, 2.24) is 0 Å². The molecule has 0 aliphatic carbocycles. The standard InChI is InChI=1S/C43H82NO10P/c1-3-5-7-9-11-13-15-17-18-19-20-21-22-23-25-27-29-31-33-35-42(46)54-39(37-52-55(49,50)53-38-40(44)43(47)48)36-51-41(45)34-32-30-28-26-24-16-14-12-10-8-6-4-2/h12,14,39-40H,3-11,13,15-38,44H2,1-2H3,(H,47,48)(H,49,50)/b14-12-/t39-,40+/m1/s1. The molecule has 0 saturated heterocycles. The lowest BCUT2D eigenvalue weighted by atomic mass is 10.0. The number of hydrogen-bond acceptors (Lipinski definition) is 9. The van der Waals surface area contributed by atoms with Gasteiger partial charge in [-0.05, 0) is 38.5 Å². The van der Waals surface area contributed by atoms with Crippen LogP contribution in [0.15, 0.2) is 12.2 Å². The van der Waals surface area contributed by atoms with E-state index in [-0.39, 0.29) is 19.4 Å². The fourth-order valence-corrected chi connectivity index (χ4v) is 7.02. The fraction of sp³-hybridized carbons (Fsp3) is 0.884. The summed E-state index contributed by atoms with van der Waals surface area (Å²) in [6.07, 6.45) is 38.5. The molecule has 0 aromatic heterocycles. The van der Waals surface area contributed by atoms with Gasteiger partial charge in [-0.25, -0.2) is 4.57 Å². The molecule has 0 bridgehead atoms. The Morgan fingerprint density at radius 3 is 1.36 bits per heavy atom. The molecular formula is C43H82NO10P. The van der Waals surface area contributed by atoms with Gasteiger partial charge in [0, 0.05) is 12.8 Å².